The number of thioether (sulfide) groups is 1. The van der Waals surface area contributed by atoms with E-state index >= 15 is 0 Å². The number of carbonyl (C=O) groups excluding carboxylic acids is 1. The Labute approximate surface area is 113 Å². The molecule has 4 bridgehead atoms. The number of quaternary nitrogens is 2. The fourth-order valence-corrected chi connectivity index (χ4v) is 6.73. The highest BCUT2D eigenvalue weighted by Gasteiger charge is 2.72. The molecule has 0 aliphatic carbocycles. The lowest BCUT2D eigenvalue weighted by Gasteiger charge is -2.64. The number of hydrogen-bond donors (Lipinski definition) is 2. The van der Waals surface area contributed by atoms with Crippen LogP contribution in [-0.4, -0.2) is 49.1 Å². The molecule has 5 fully saturated rings. The van der Waals surface area contributed by atoms with Crippen molar-refractivity contribution in [2.24, 2.45) is 10.8 Å². The first-order valence-corrected chi connectivity index (χ1v) is 8.47. The van der Waals surface area contributed by atoms with Crippen LogP contribution in [0.2, 0.25) is 0 Å². The van der Waals surface area contributed by atoms with Gasteiger partial charge in [-0.25, -0.2) is 0 Å². The highest BCUT2D eigenvalue weighted by molar-refractivity contribution is 7.99. The van der Waals surface area contributed by atoms with Crippen LogP contribution in [0.4, 0.5) is 0 Å². The Morgan fingerprint density at radius 3 is 1.83 bits per heavy atom. The monoisotopic (exact) mass is 268 g/mol. The van der Waals surface area contributed by atoms with Crippen LogP contribution in [-0.2, 0) is 4.79 Å². The van der Waals surface area contributed by atoms with Crippen LogP contribution in [0.1, 0.15) is 26.7 Å². The zero-order valence-electron chi connectivity index (χ0n) is 11.5. The molecule has 0 aromatic heterocycles. The third-order valence-electron chi connectivity index (χ3n) is 6.21. The molecule has 0 aromatic rings. The van der Waals surface area contributed by atoms with E-state index in [0.717, 1.165) is 26.2 Å². The molecule has 2 N–H and O–H groups in total. The first-order chi connectivity index (χ1) is 8.49. The lowest BCUT2D eigenvalue weighted by molar-refractivity contribution is -1.20. The first-order valence-electron chi connectivity index (χ1n) is 7.32. The van der Waals surface area contributed by atoms with Crippen LogP contribution < -0.4 is 9.80 Å². The molecule has 100 valence electrons. The summed E-state index contributed by atoms with van der Waals surface area (Å²) < 4.78 is 0. The molecule has 3 nitrogen and oxygen atoms in total. The van der Waals surface area contributed by atoms with E-state index in [1.807, 2.05) is 0 Å². The molecule has 5 aliphatic rings. The molecule has 5 aliphatic heterocycles. The Hall–Kier alpha value is -0.0600. The molecule has 5 saturated heterocycles. The maximum atomic E-state index is 12.7. The summed E-state index contributed by atoms with van der Waals surface area (Å²) in [6.07, 6.45) is 2.73. The van der Waals surface area contributed by atoms with Gasteiger partial charge in [-0.15, -0.1) is 0 Å². The van der Waals surface area contributed by atoms with Gasteiger partial charge in [-0.05, 0) is 13.8 Å². The molecule has 18 heavy (non-hydrogen) atoms. The maximum Gasteiger partial charge on any atom is 0.224 e. The van der Waals surface area contributed by atoms with E-state index < -0.39 is 0 Å². The normalized spacial score (nSPS) is 53.1. The second kappa shape index (κ2) is 3.33. The van der Waals surface area contributed by atoms with E-state index in [-0.39, 0.29) is 10.8 Å². The second-order valence-electron chi connectivity index (χ2n) is 7.56. The summed E-state index contributed by atoms with van der Waals surface area (Å²) in [5, 5.41) is 0. The third kappa shape index (κ3) is 1.22. The van der Waals surface area contributed by atoms with E-state index in [1.165, 1.54) is 24.3 Å². The van der Waals surface area contributed by atoms with Gasteiger partial charge in [-0.1, -0.05) is 0 Å². The minimum atomic E-state index is -0.0221. The molecule has 0 aromatic carbocycles. The Morgan fingerprint density at radius 1 is 0.944 bits per heavy atom. The predicted octanol–water partition coefficient (Wildman–Crippen LogP) is -1.40. The average Bonchev–Trinajstić information content (AvgIpc) is 2.32. The van der Waals surface area contributed by atoms with E-state index in [9.17, 15) is 4.79 Å². The first kappa shape index (κ1) is 11.7. The predicted molar refractivity (Wildman–Crippen MR) is 71.9 cm³/mol. The Kier molecular flexibility index (Phi) is 2.17. The van der Waals surface area contributed by atoms with Crippen molar-refractivity contribution in [3.8, 4) is 0 Å². The highest BCUT2D eigenvalue weighted by Crippen LogP contribution is 2.38. The van der Waals surface area contributed by atoms with Crippen LogP contribution in [0.25, 0.3) is 0 Å². The topological polar surface area (TPSA) is 26.0 Å². The van der Waals surface area contributed by atoms with Gasteiger partial charge in [0.05, 0.1) is 39.0 Å². The van der Waals surface area contributed by atoms with E-state index in [1.54, 1.807) is 9.80 Å². The van der Waals surface area contributed by atoms with Gasteiger partial charge in [0.2, 0.25) is 5.66 Å². The smallest absolute Gasteiger partial charge is 0.224 e. The number of Topliss-reactive ketones (excluding diaryl/α,β-unsaturated/α-hetero) is 1. The van der Waals surface area contributed by atoms with Crippen molar-refractivity contribution in [1.82, 2.24) is 0 Å². The van der Waals surface area contributed by atoms with Gasteiger partial charge in [0, 0.05) is 11.5 Å². The fourth-order valence-electron chi connectivity index (χ4n) is 5.54. The average molecular weight is 268 g/mol. The summed E-state index contributed by atoms with van der Waals surface area (Å²) in [6, 6.07) is 0. The third-order valence-corrected chi connectivity index (χ3v) is 7.20. The Bertz CT molecular complexity index is 374. The lowest BCUT2D eigenvalue weighted by atomic mass is 9.60. The van der Waals surface area contributed by atoms with Crippen LogP contribution in [0, 0.1) is 10.8 Å². The van der Waals surface area contributed by atoms with E-state index in [2.05, 4.69) is 25.6 Å². The summed E-state index contributed by atoms with van der Waals surface area (Å²) >= 11 is 2.12. The zero-order valence-corrected chi connectivity index (χ0v) is 12.3. The van der Waals surface area contributed by atoms with Crippen LogP contribution >= 0.6 is 11.8 Å². The Morgan fingerprint density at radius 2 is 1.39 bits per heavy atom. The van der Waals surface area contributed by atoms with E-state index in [0.29, 0.717) is 11.4 Å². The molecule has 5 rings (SSSR count). The standard InChI is InChI=1S/C14H22N2OS/c1-12-7-15-9-13(2,11(12)17)10-16(8-12)14(15)3-5-18-6-4-14/h3-10H2,1-2H3/p+2. The van der Waals surface area contributed by atoms with Crippen molar-refractivity contribution in [1.29, 1.82) is 0 Å². The second-order valence-corrected chi connectivity index (χ2v) is 8.78. The molecule has 4 heteroatoms. The summed E-state index contributed by atoms with van der Waals surface area (Å²) in [4.78, 5) is 16.2. The molecule has 0 radical (unpaired) electrons. The van der Waals surface area contributed by atoms with Crippen molar-refractivity contribution in [3.63, 3.8) is 0 Å². The van der Waals surface area contributed by atoms with Crippen molar-refractivity contribution in [3.05, 3.63) is 0 Å². The quantitative estimate of drug-likeness (QED) is 0.565. The number of ketones is 1. The molecule has 0 unspecified atom stereocenters. The highest BCUT2D eigenvalue weighted by atomic mass is 32.2. The van der Waals surface area contributed by atoms with Crippen molar-refractivity contribution in [2.45, 2.75) is 32.4 Å². The summed E-state index contributed by atoms with van der Waals surface area (Å²) in [6.45, 7) is 8.89. The number of rotatable bonds is 0. The minimum Gasteiger partial charge on any atom is -0.297 e. The number of nitrogens with one attached hydrogen (secondary N) is 2. The summed E-state index contributed by atoms with van der Waals surface area (Å²) in [7, 11) is 0. The fraction of sp³-hybridized carbons (Fsp3) is 0.929. The van der Waals surface area contributed by atoms with Crippen molar-refractivity contribution < 1.29 is 14.6 Å². The molecular weight excluding hydrogens is 244 g/mol. The zero-order chi connectivity index (χ0) is 12.6. The molecule has 1 spiro atoms. The van der Waals surface area contributed by atoms with Gasteiger partial charge in [-0.3, -0.25) is 14.6 Å². The number of piperidine rings is 2. The van der Waals surface area contributed by atoms with Gasteiger partial charge in [-0.2, -0.15) is 11.8 Å². The largest absolute Gasteiger partial charge is 0.297 e. The van der Waals surface area contributed by atoms with Crippen LogP contribution in [0.15, 0.2) is 0 Å². The number of carbonyl (C=O) groups is 1. The number of hydrogen-bond acceptors (Lipinski definition) is 2. The van der Waals surface area contributed by atoms with Gasteiger partial charge in [0.25, 0.3) is 0 Å². The molecule has 0 amide bonds. The summed E-state index contributed by atoms with van der Waals surface area (Å²) in [5.41, 5.74) is 0.433. The van der Waals surface area contributed by atoms with Crippen molar-refractivity contribution >= 4 is 17.5 Å². The van der Waals surface area contributed by atoms with Gasteiger partial charge < -0.3 is 0 Å². The Balaban J connectivity index is 1.77. The molecular formula is C14H24N2OS+2. The molecule has 0 atom stereocenters. The maximum absolute atomic E-state index is 12.7. The molecule has 0 saturated carbocycles. The molecule has 5 heterocycles. The summed E-state index contributed by atoms with van der Waals surface area (Å²) in [5.74, 6) is 3.23. The van der Waals surface area contributed by atoms with Crippen LogP contribution in [0.3, 0.4) is 0 Å². The lowest BCUT2D eigenvalue weighted by Crippen LogP contribution is -3.49. The van der Waals surface area contributed by atoms with Crippen molar-refractivity contribution in [2.75, 3.05) is 37.7 Å². The van der Waals surface area contributed by atoms with Crippen LogP contribution in [0.5, 0.6) is 0 Å². The van der Waals surface area contributed by atoms with Gasteiger partial charge in [0.1, 0.15) is 10.8 Å². The minimum absolute atomic E-state index is 0.0221. The van der Waals surface area contributed by atoms with Gasteiger partial charge in [0.15, 0.2) is 5.78 Å². The van der Waals surface area contributed by atoms with Gasteiger partial charge >= 0.3 is 0 Å². The van der Waals surface area contributed by atoms with E-state index in [4.69, 9.17) is 0 Å². The SMILES string of the molecule is CC12C[NH+]3CC(C)(C[NH+](C1)C31CCSCC1)C2=O.